The molecule has 6 nitrogen and oxygen atoms in total. The summed E-state index contributed by atoms with van der Waals surface area (Å²) in [6, 6.07) is 5.73. The number of aryl methyl sites for hydroxylation is 1. The van der Waals surface area contributed by atoms with Gasteiger partial charge in [-0.3, -0.25) is 9.78 Å². The van der Waals surface area contributed by atoms with Crippen molar-refractivity contribution in [2.45, 2.75) is 83.7 Å². The van der Waals surface area contributed by atoms with E-state index in [2.05, 4.69) is 9.88 Å². The summed E-state index contributed by atoms with van der Waals surface area (Å²) < 4.78 is 5.40. The van der Waals surface area contributed by atoms with Gasteiger partial charge in [-0.25, -0.2) is 0 Å². The SMILES string of the molecule is COc1ccc2ncc(C)c([C@H](O)CCC3(CC(=O)O)CCN(CCC4CCCCC4)CC3)c2c1. The van der Waals surface area contributed by atoms with Crippen LogP contribution in [0.5, 0.6) is 5.75 Å². The summed E-state index contributed by atoms with van der Waals surface area (Å²) in [4.78, 5) is 18.9. The third kappa shape index (κ3) is 6.53. The van der Waals surface area contributed by atoms with Crippen LogP contribution in [0, 0.1) is 18.3 Å². The summed E-state index contributed by atoms with van der Waals surface area (Å²) >= 11 is 0. The Hall–Kier alpha value is -2.18. The van der Waals surface area contributed by atoms with E-state index < -0.39 is 12.1 Å². The lowest BCUT2D eigenvalue weighted by Gasteiger charge is -2.42. The van der Waals surface area contributed by atoms with Gasteiger partial charge in [0.25, 0.3) is 0 Å². The van der Waals surface area contributed by atoms with Gasteiger partial charge in [0.2, 0.25) is 0 Å². The maximum absolute atomic E-state index is 11.8. The molecule has 1 atom stereocenters. The lowest BCUT2D eigenvalue weighted by Crippen LogP contribution is -2.42. The zero-order chi connectivity index (χ0) is 24.8. The smallest absolute Gasteiger partial charge is 0.303 e. The number of fused-ring (bicyclic) bond motifs is 1. The van der Waals surface area contributed by atoms with E-state index in [4.69, 9.17) is 4.74 Å². The van der Waals surface area contributed by atoms with Crippen LogP contribution in [0.25, 0.3) is 10.9 Å². The van der Waals surface area contributed by atoms with Crippen molar-refractivity contribution in [2.75, 3.05) is 26.7 Å². The quantitative estimate of drug-likeness (QED) is 0.439. The Kier molecular flexibility index (Phi) is 8.66. The van der Waals surface area contributed by atoms with Crippen molar-refractivity contribution in [3.05, 3.63) is 35.5 Å². The van der Waals surface area contributed by atoms with Crippen molar-refractivity contribution < 1.29 is 19.7 Å². The van der Waals surface area contributed by atoms with Gasteiger partial charge in [-0.1, -0.05) is 32.1 Å². The molecule has 1 aliphatic carbocycles. The number of rotatable bonds is 10. The normalized spacial score (nSPS) is 20.1. The van der Waals surface area contributed by atoms with E-state index in [-0.39, 0.29) is 11.8 Å². The second-order valence-corrected chi connectivity index (χ2v) is 11.0. The van der Waals surface area contributed by atoms with Crippen LogP contribution in [0.15, 0.2) is 24.4 Å². The maximum Gasteiger partial charge on any atom is 0.303 e. The fourth-order valence-corrected chi connectivity index (χ4v) is 6.38. The minimum Gasteiger partial charge on any atom is -0.497 e. The highest BCUT2D eigenvalue weighted by atomic mass is 16.5. The van der Waals surface area contributed by atoms with Gasteiger partial charge in [0, 0.05) is 11.6 Å². The van der Waals surface area contributed by atoms with Crippen LogP contribution in [0.3, 0.4) is 0 Å². The van der Waals surface area contributed by atoms with E-state index in [1.807, 2.05) is 31.3 Å². The number of hydrogen-bond acceptors (Lipinski definition) is 5. The Bertz CT molecular complexity index is 994. The Morgan fingerprint density at radius 2 is 1.97 bits per heavy atom. The van der Waals surface area contributed by atoms with Crippen LogP contribution >= 0.6 is 0 Å². The van der Waals surface area contributed by atoms with Gasteiger partial charge >= 0.3 is 5.97 Å². The number of aliphatic hydroxyl groups is 1. The van der Waals surface area contributed by atoms with Gasteiger partial charge in [-0.2, -0.15) is 0 Å². The van der Waals surface area contributed by atoms with Crippen molar-refractivity contribution >= 4 is 16.9 Å². The topological polar surface area (TPSA) is 82.9 Å². The van der Waals surface area contributed by atoms with Crippen LogP contribution in [-0.4, -0.2) is 52.8 Å². The van der Waals surface area contributed by atoms with Crippen molar-refractivity contribution in [3.63, 3.8) is 0 Å². The van der Waals surface area contributed by atoms with E-state index >= 15 is 0 Å². The number of pyridine rings is 1. The average molecular weight is 483 g/mol. The number of carbonyl (C=O) groups is 1. The number of nitrogens with zero attached hydrogens (tertiary/aromatic N) is 2. The molecule has 35 heavy (non-hydrogen) atoms. The fraction of sp³-hybridized carbons (Fsp3) is 0.655. The molecule has 0 bridgehead atoms. The Labute approximate surface area is 209 Å². The fourth-order valence-electron chi connectivity index (χ4n) is 6.38. The first-order chi connectivity index (χ1) is 16.9. The number of piperidine rings is 1. The number of benzene rings is 1. The molecule has 1 aromatic heterocycles. The summed E-state index contributed by atoms with van der Waals surface area (Å²) in [5.74, 6) is 0.883. The second kappa shape index (κ2) is 11.7. The standard InChI is InChI=1S/C29H42N2O4/c1-21-20-30-25-9-8-23(35-2)18-24(25)28(21)26(32)10-12-29(19-27(33)34)13-16-31(17-14-29)15-11-22-6-4-3-5-7-22/h8-9,18,20,22,26,32H,3-7,10-17,19H2,1-2H3,(H,33,34)/t26-/m1/s1. The largest absolute Gasteiger partial charge is 0.497 e. The van der Waals surface area contributed by atoms with Crippen LogP contribution < -0.4 is 4.74 Å². The number of aliphatic hydroxyl groups excluding tert-OH is 1. The van der Waals surface area contributed by atoms with Gasteiger partial charge in [0.05, 0.1) is 25.2 Å². The van der Waals surface area contributed by atoms with Crippen molar-refractivity contribution in [1.82, 2.24) is 9.88 Å². The molecule has 0 radical (unpaired) electrons. The minimum absolute atomic E-state index is 0.181. The molecule has 2 heterocycles. The molecule has 0 spiro atoms. The lowest BCUT2D eigenvalue weighted by molar-refractivity contribution is -0.141. The summed E-state index contributed by atoms with van der Waals surface area (Å²) in [7, 11) is 1.64. The molecule has 2 N–H and O–H groups in total. The van der Waals surface area contributed by atoms with E-state index in [0.29, 0.717) is 12.8 Å². The number of ether oxygens (including phenoxy) is 1. The van der Waals surface area contributed by atoms with E-state index in [1.165, 1.54) is 38.5 Å². The molecular formula is C29H42N2O4. The molecule has 6 heteroatoms. The van der Waals surface area contributed by atoms with Gasteiger partial charge in [-0.05, 0) is 99.3 Å². The van der Waals surface area contributed by atoms with Gasteiger partial charge in [-0.15, -0.1) is 0 Å². The Morgan fingerprint density at radius 3 is 2.66 bits per heavy atom. The molecule has 1 saturated carbocycles. The highest BCUT2D eigenvalue weighted by molar-refractivity contribution is 5.84. The van der Waals surface area contributed by atoms with E-state index in [9.17, 15) is 15.0 Å². The van der Waals surface area contributed by atoms with Gasteiger partial charge in [0.15, 0.2) is 0 Å². The van der Waals surface area contributed by atoms with Crippen LogP contribution in [0.2, 0.25) is 0 Å². The first-order valence-electron chi connectivity index (χ1n) is 13.4. The molecule has 2 fully saturated rings. The first-order valence-corrected chi connectivity index (χ1v) is 13.4. The minimum atomic E-state index is -0.731. The average Bonchev–Trinajstić information content (AvgIpc) is 2.87. The second-order valence-electron chi connectivity index (χ2n) is 11.0. The van der Waals surface area contributed by atoms with Crippen molar-refractivity contribution in [3.8, 4) is 5.75 Å². The monoisotopic (exact) mass is 482 g/mol. The molecule has 0 amide bonds. The number of aliphatic carboxylic acids is 1. The Morgan fingerprint density at radius 1 is 1.23 bits per heavy atom. The molecule has 1 saturated heterocycles. The number of carboxylic acid groups (broad SMARTS) is 1. The van der Waals surface area contributed by atoms with Crippen molar-refractivity contribution in [1.29, 1.82) is 0 Å². The molecule has 2 aliphatic rings. The van der Waals surface area contributed by atoms with Crippen LogP contribution in [0.4, 0.5) is 0 Å². The summed E-state index contributed by atoms with van der Waals surface area (Å²) in [6.07, 6.45) is 12.6. The molecule has 2 aromatic rings. The molecule has 1 aromatic carbocycles. The van der Waals surface area contributed by atoms with Crippen molar-refractivity contribution in [2.24, 2.45) is 11.3 Å². The van der Waals surface area contributed by atoms with Crippen LogP contribution in [0.1, 0.15) is 87.9 Å². The lowest BCUT2D eigenvalue weighted by atomic mass is 9.71. The molecule has 0 unspecified atom stereocenters. The van der Waals surface area contributed by atoms with Gasteiger partial charge in [0.1, 0.15) is 5.75 Å². The molecule has 1 aliphatic heterocycles. The molecular weight excluding hydrogens is 440 g/mol. The maximum atomic E-state index is 11.8. The predicted octanol–water partition coefficient (Wildman–Crippen LogP) is 5.89. The zero-order valence-corrected chi connectivity index (χ0v) is 21.5. The predicted molar refractivity (Wildman–Crippen MR) is 139 cm³/mol. The number of aromatic nitrogens is 1. The molecule has 192 valence electrons. The van der Waals surface area contributed by atoms with Crippen LogP contribution in [-0.2, 0) is 4.79 Å². The number of carboxylic acids is 1. The number of methoxy groups -OCH3 is 1. The highest BCUT2D eigenvalue weighted by Crippen LogP contribution is 2.42. The third-order valence-corrected chi connectivity index (χ3v) is 8.62. The van der Waals surface area contributed by atoms with E-state index in [0.717, 1.165) is 66.2 Å². The summed E-state index contributed by atoms with van der Waals surface area (Å²) in [5.41, 5.74) is 2.41. The number of hydrogen-bond donors (Lipinski definition) is 2. The van der Waals surface area contributed by atoms with E-state index in [1.54, 1.807) is 7.11 Å². The van der Waals surface area contributed by atoms with Gasteiger partial charge < -0.3 is 19.8 Å². The summed E-state index contributed by atoms with van der Waals surface area (Å²) in [5, 5.41) is 21.9. The summed E-state index contributed by atoms with van der Waals surface area (Å²) in [6.45, 7) is 5.04. The molecule has 4 rings (SSSR count). The highest BCUT2D eigenvalue weighted by Gasteiger charge is 2.37. The Balaban J connectivity index is 1.40. The first kappa shape index (κ1) is 25.9. The number of likely N-dealkylation sites (tertiary alicyclic amines) is 1. The third-order valence-electron chi connectivity index (χ3n) is 8.62. The zero-order valence-electron chi connectivity index (χ0n) is 21.5.